The quantitative estimate of drug-likeness (QED) is 0.579. The van der Waals surface area contributed by atoms with Gasteiger partial charge in [0, 0.05) is 17.3 Å². The zero-order valence-corrected chi connectivity index (χ0v) is 13.0. The maximum Gasteiger partial charge on any atom is 0.303 e. The molecule has 2 N–H and O–H groups in total. The van der Waals surface area contributed by atoms with E-state index < -0.39 is 5.97 Å². The first kappa shape index (κ1) is 16.3. The number of halogens is 3. The number of unbranched alkanes of at least 4 members (excludes halogenated alkanes) is 1. The summed E-state index contributed by atoms with van der Waals surface area (Å²) in [6.07, 6.45) is 1.30. The van der Waals surface area contributed by atoms with Gasteiger partial charge in [0.15, 0.2) is 0 Å². The van der Waals surface area contributed by atoms with E-state index in [0.717, 1.165) is 0 Å². The van der Waals surface area contributed by atoms with Crippen LogP contribution in [0.5, 0.6) is 0 Å². The summed E-state index contributed by atoms with van der Waals surface area (Å²) in [6.45, 7) is 0. The van der Waals surface area contributed by atoms with Crippen LogP contribution in [0.1, 0.15) is 25.7 Å². The number of benzene rings is 1. The molecule has 0 radical (unpaired) electrons. The van der Waals surface area contributed by atoms with Crippen molar-refractivity contribution in [2.45, 2.75) is 25.7 Å². The number of nitrogens with one attached hydrogen (secondary N) is 1. The van der Waals surface area contributed by atoms with Crippen LogP contribution >= 0.6 is 39.1 Å². The van der Waals surface area contributed by atoms with Gasteiger partial charge >= 0.3 is 5.97 Å². The molecule has 0 unspecified atom stereocenters. The minimum absolute atomic E-state index is 0.0676. The average Bonchev–Trinajstić information content (AvgIpc) is 2.35. The fraction of sp³-hybridized carbons (Fsp3) is 0.333. The molecule has 104 valence electrons. The molecule has 0 aliphatic heterocycles. The van der Waals surface area contributed by atoms with Gasteiger partial charge in [-0.2, -0.15) is 0 Å². The molecule has 1 aromatic carbocycles. The molecule has 0 fully saturated rings. The van der Waals surface area contributed by atoms with Crippen LogP contribution in [0.25, 0.3) is 0 Å². The summed E-state index contributed by atoms with van der Waals surface area (Å²) in [7, 11) is 0. The van der Waals surface area contributed by atoms with Crippen molar-refractivity contribution in [1.82, 2.24) is 0 Å². The Balaban J connectivity index is 2.49. The molecule has 4 nitrogen and oxygen atoms in total. The first-order chi connectivity index (χ1) is 8.91. The van der Waals surface area contributed by atoms with Gasteiger partial charge in [0.1, 0.15) is 0 Å². The molecule has 1 aromatic rings. The van der Waals surface area contributed by atoms with Crippen molar-refractivity contribution in [3.05, 3.63) is 26.7 Å². The highest BCUT2D eigenvalue weighted by molar-refractivity contribution is 9.10. The summed E-state index contributed by atoms with van der Waals surface area (Å²) in [4.78, 5) is 21.9. The number of carboxylic acid groups (broad SMARTS) is 1. The second kappa shape index (κ2) is 7.72. The minimum Gasteiger partial charge on any atom is -0.481 e. The molecule has 0 aromatic heterocycles. The van der Waals surface area contributed by atoms with Crippen molar-refractivity contribution in [2.75, 3.05) is 5.32 Å². The summed E-state index contributed by atoms with van der Waals surface area (Å²) in [6, 6.07) is 3.34. The van der Waals surface area contributed by atoms with Gasteiger partial charge in [-0.25, -0.2) is 0 Å². The van der Waals surface area contributed by atoms with Crippen LogP contribution in [0.2, 0.25) is 10.0 Å². The number of anilines is 1. The van der Waals surface area contributed by atoms with E-state index in [9.17, 15) is 9.59 Å². The molecular weight excluding hydrogens is 357 g/mol. The molecule has 19 heavy (non-hydrogen) atoms. The van der Waals surface area contributed by atoms with Crippen LogP contribution in [0.3, 0.4) is 0 Å². The smallest absolute Gasteiger partial charge is 0.303 e. The number of carbonyl (C=O) groups is 2. The summed E-state index contributed by atoms with van der Waals surface area (Å²) in [5.74, 6) is -1.08. The first-order valence-corrected chi connectivity index (χ1v) is 7.12. The number of aliphatic carboxylic acids is 1. The molecular formula is C12H12BrCl2NO3. The van der Waals surface area contributed by atoms with Crippen molar-refractivity contribution >= 4 is 56.7 Å². The van der Waals surface area contributed by atoms with Crippen molar-refractivity contribution in [3.8, 4) is 0 Å². The van der Waals surface area contributed by atoms with Crippen molar-refractivity contribution < 1.29 is 14.7 Å². The van der Waals surface area contributed by atoms with Gasteiger partial charge in [-0.05, 0) is 40.9 Å². The Labute approximate surface area is 129 Å². The lowest BCUT2D eigenvalue weighted by molar-refractivity contribution is -0.137. The van der Waals surface area contributed by atoms with Crippen LogP contribution in [-0.4, -0.2) is 17.0 Å². The summed E-state index contributed by atoms with van der Waals surface area (Å²) < 4.78 is 0.652. The van der Waals surface area contributed by atoms with E-state index in [-0.39, 0.29) is 23.8 Å². The van der Waals surface area contributed by atoms with Gasteiger partial charge in [-0.3, -0.25) is 9.59 Å². The Bertz CT molecular complexity index is 494. The normalized spacial score (nSPS) is 10.3. The Kier molecular flexibility index (Phi) is 6.62. The maximum atomic E-state index is 11.6. The molecule has 1 rings (SSSR count). The highest BCUT2D eigenvalue weighted by Gasteiger charge is 2.11. The van der Waals surface area contributed by atoms with Gasteiger partial charge in [-0.15, -0.1) is 0 Å². The summed E-state index contributed by atoms with van der Waals surface area (Å²) >= 11 is 15.2. The fourth-order valence-electron chi connectivity index (χ4n) is 1.40. The Hall–Kier alpha value is -0.780. The van der Waals surface area contributed by atoms with Gasteiger partial charge in [0.05, 0.1) is 15.7 Å². The van der Waals surface area contributed by atoms with Gasteiger partial charge < -0.3 is 10.4 Å². The van der Waals surface area contributed by atoms with Crippen molar-refractivity contribution in [3.63, 3.8) is 0 Å². The van der Waals surface area contributed by atoms with E-state index in [2.05, 4.69) is 21.2 Å². The zero-order chi connectivity index (χ0) is 14.4. The lowest BCUT2D eigenvalue weighted by Crippen LogP contribution is -2.11. The number of rotatable bonds is 6. The van der Waals surface area contributed by atoms with Crippen molar-refractivity contribution in [2.24, 2.45) is 0 Å². The van der Waals surface area contributed by atoms with Crippen LogP contribution < -0.4 is 5.32 Å². The van der Waals surface area contributed by atoms with Crippen molar-refractivity contribution in [1.29, 1.82) is 0 Å². The van der Waals surface area contributed by atoms with Gasteiger partial charge in [0.2, 0.25) is 5.91 Å². The maximum absolute atomic E-state index is 11.6. The minimum atomic E-state index is -0.858. The van der Waals surface area contributed by atoms with Gasteiger partial charge in [-0.1, -0.05) is 23.2 Å². The monoisotopic (exact) mass is 367 g/mol. The van der Waals surface area contributed by atoms with E-state index in [1.54, 1.807) is 12.1 Å². The molecule has 7 heteroatoms. The van der Waals surface area contributed by atoms with Crippen LogP contribution in [0, 0.1) is 0 Å². The van der Waals surface area contributed by atoms with Crippen LogP contribution in [-0.2, 0) is 9.59 Å². The third kappa shape index (κ3) is 5.38. The highest BCUT2D eigenvalue weighted by Crippen LogP contribution is 2.35. The Morgan fingerprint density at radius 2 is 1.79 bits per heavy atom. The third-order valence-corrected chi connectivity index (χ3v) is 4.12. The second-order valence-electron chi connectivity index (χ2n) is 3.87. The van der Waals surface area contributed by atoms with Crippen LogP contribution in [0.15, 0.2) is 16.6 Å². The topological polar surface area (TPSA) is 66.4 Å². The highest BCUT2D eigenvalue weighted by atomic mass is 79.9. The number of amides is 1. The molecule has 0 aliphatic rings. The number of carboxylic acids is 1. The number of carbonyl (C=O) groups excluding carboxylic acids is 1. The number of hydrogen-bond acceptors (Lipinski definition) is 2. The molecule has 0 bridgehead atoms. The molecule has 0 aliphatic carbocycles. The first-order valence-electron chi connectivity index (χ1n) is 5.57. The molecule has 1 amide bonds. The fourth-order valence-corrected chi connectivity index (χ4v) is 2.22. The van der Waals surface area contributed by atoms with Crippen LogP contribution in [0.4, 0.5) is 5.69 Å². The standard InChI is InChI=1S/C12H12BrCl2NO3/c13-7-5-6-8(12(15)11(7)14)16-9(17)3-1-2-4-10(18)19/h5-6H,1-4H2,(H,16,17)(H,18,19). The van der Waals surface area contributed by atoms with E-state index in [1.165, 1.54) is 0 Å². The van der Waals surface area contributed by atoms with E-state index in [1.807, 2.05) is 0 Å². The largest absolute Gasteiger partial charge is 0.481 e. The third-order valence-electron chi connectivity index (χ3n) is 2.35. The molecule has 0 heterocycles. The summed E-state index contributed by atoms with van der Waals surface area (Å²) in [5.41, 5.74) is 0.443. The Morgan fingerprint density at radius 3 is 2.42 bits per heavy atom. The van der Waals surface area contributed by atoms with E-state index >= 15 is 0 Å². The molecule has 0 saturated carbocycles. The predicted molar refractivity (Wildman–Crippen MR) is 78.9 cm³/mol. The predicted octanol–water partition coefficient (Wildman–Crippen LogP) is 4.34. The Morgan fingerprint density at radius 1 is 1.16 bits per heavy atom. The molecule has 0 saturated heterocycles. The SMILES string of the molecule is O=C(O)CCCCC(=O)Nc1ccc(Br)c(Cl)c1Cl. The van der Waals surface area contributed by atoms with E-state index in [4.69, 9.17) is 28.3 Å². The summed E-state index contributed by atoms with van der Waals surface area (Å²) in [5, 5.41) is 11.7. The lowest BCUT2D eigenvalue weighted by Gasteiger charge is -2.09. The molecule has 0 atom stereocenters. The van der Waals surface area contributed by atoms with E-state index in [0.29, 0.717) is 28.0 Å². The second-order valence-corrected chi connectivity index (χ2v) is 5.48. The average molecular weight is 369 g/mol. The lowest BCUT2D eigenvalue weighted by atomic mass is 10.2. The molecule has 0 spiro atoms. The number of hydrogen-bond donors (Lipinski definition) is 2. The van der Waals surface area contributed by atoms with Gasteiger partial charge in [0.25, 0.3) is 0 Å². The zero-order valence-electron chi connectivity index (χ0n) is 9.88.